The van der Waals surface area contributed by atoms with Crippen LogP contribution in [0.15, 0.2) is 249 Å². The van der Waals surface area contributed by atoms with Crippen molar-refractivity contribution in [3.8, 4) is 6.07 Å². The molecule has 3 aliphatic carbocycles. The van der Waals surface area contributed by atoms with Gasteiger partial charge in [0, 0.05) is 83.6 Å². The highest BCUT2D eigenvalue weighted by molar-refractivity contribution is 7.90. The van der Waals surface area contributed by atoms with Crippen LogP contribution < -0.4 is 31.8 Å². The number of fused-ring (bicyclic) bond motifs is 3. The Balaban J connectivity index is 0.000000157. The number of rotatable bonds is 31. The van der Waals surface area contributed by atoms with Crippen LogP contribution >= 0.6 is 11.6 Å². The number of ether oxygens (including phenoxy) is 2. The first-order chi connectivity index (χ1) is 71.5. The second-order valence-electron chi connectivity index (χ2n) is 39.1. The number of aromatic nitrogens is 12. The lowest BCUT2D eigenvalue weighted by Gasteiger charge is -2.25. The zero-order chi connectivity index (χ0) is 107. The molecule has 9 heterocycles. The van der Waals surface area contributed by atoms with E-state index in [1.54, 1.807) is 30.7 Å². The smallest absolute Gasteiger partial charge is 0.276 e. The predicted octanol–water partition coefficient (Wildman–Crippen LogP) is 21.1. The van der Waals surface area contributed by atoms with Gasteiger partial charge in [-0.05, 0) is 242 Å². The first-order valence-corrected chi connectivity index (χ1v) is 60.7. The van der Waals surface area contributed by atoms with E-state index in [1.807, 2.05) is 54.9 Å². The number of carbonyl (C=O) groups excluding carboxylic acids is 3. The van der Waals surface area contributed by atoms with Crippen molar-refractivity contribution < 1.29 is 84.2 Å². The van der Waals surface area contributed by atoms with E-state index >= 15 is 0 Å². The van der Waals surface area contributed by atoms with Gasteiger partial charge >= 0.3 is 0 Å². The standard InChI is InChI=1S/C38H40F2N6O5SSi.C31H26F3N5O4S.C26H36N4O2Si.C11H5ClF3NO3S/c1-53(2,3)17-16-51-25-44-24-43-34-19-30(13-14-32(34)37(44)47)45(23-29-12-11-27(22-42-29)26-8-5-4-6-9-26)38(48)35-10-7-15-46(35)52(49,50)31-18-28(21-41)36(40)33(39)20-31;32-25-14-23(15-26(33)29(25)34)44(42,43)39-12-4-7-28(39)31(41)38(22-10-11-24-27(13-22)36-18-37-30(24)40)17-21-9-8-20(16-35-21)19-5-2-1-3-6-19;1-33(2,3)14-13-32-19-30-18-29-25-15-22(11-12-24(25)26(30)31)28-17-23-10-9-21(16-27-23)20-7-5-4-6-8-20;12-11(17)9-2-1-3-16(9)20(18,19)6-4-7(13)10(15)8(14)5-6/h7,10-15,18-20,22,24,26H,4-6,8-9,16-17,23,25H2,1-3H3;4,7-16,18-19H,1-3,5-6,17H2,(H,36,37,40);9-12,15-16,18,20,28H,4-8,13-14,17,19H2,1-3H3;1-5H. The van der Waals surface area contributed by atoms with Crippen molar-refractivity contribution in [2.45, 2.75) is 213 Å². The molecule has 0 atom stereocenters. The van der Waals surface area contributed by atoms with Gasteiger partial charge in [-0.2, -0.15) is 5.26 Å². The van der Waals surface area contributed by atoms with Crippen LogP contribution in [0.25, 0.3) is 32.7 Å². The van der Waals surface area contributed by atoms with Crippen molar-refractivity contribution in [1.82, 2.24) is 55.9 Å². The first-order valence-electron chi connectivity index (χ1n) is 48.5. The maximum Gasteiger partial charge on any atom is 0.276 e. The molecule has 0 aliphatic heterocycles. The number of amides is 2. The second-order valence-corrected chi connectivity index (χ2v) is 56.2. The van der Waals surface area contributed by atoms with Crippen molar-refractivity contribution in [3.05, 3.63) is 354 Å². The van der Waals surface area contributed by atoms with Gasteiger partial charge in [-0.15, -0.1) is 0 Å². The molecule has 9 aromatic heterocycles. The zero-order valence-electron chi connectivity index (χ0n) is 82.6. The van der Waals surface area contributed by atoms with Crippen molar-refractivity contribution in [1.29, 1.82) is 5.26 Å². The molecule has 44 heteroatoms. The summed E-state index contributed by atoms with van der Waals surface area (Å²) in [7, 11) is -16.3. The molecule has 18 rings (SSSR count). The molecule has 0 radical (unpaired) electrons. The van der Waals surface area contributed by atoms with Crippen LogP contribution in [-0.2, 0) is 72.6 Å². The number of aromatic amines is 1. The number of H-pyrrole nitrogens is 1. The Morgan fingerprint density at radius 1 is 0.447 bits per heavy atom. The van der Waals surface area contributed by atoms with E-state index in [1.165, 1.54) is 137 Å². The molecule has 150 heavy (non-hydrogen) atoms. The summed E-state index contributed by atoms with van der Waals surface area (Å²) in [6.07, 6.45) is 31.0. The molecule has 3 aliphatic rings. The summed E-state index contributed by atoms with van der Waals surface area (Å²) in [5, 5.41) is 12.8. The highest BCUT2D eigenvalue weighted by atomic mass is 35.5. The van der Waals surface area contributed by atoms with Gasteiger partial charge < -0.3 is 29.6 Å². The van der Waals surface area contributed by atoms with E-state index in [4.69, 9.17) is 21.1 Å². The summed E-state index contributed by atoms with van der Waals surface area (Å²) in [5.41, 5.74) is 5.82. The Morgan fingerprint density at radius 2 is 0.813 bits per heavy atom. The minimum atomic E-state index is -4.73. The molecule has 0 spiro atoms. The molecule has 30 nitrogen and oxygen atoms in total. The summed E-state index contributed by atoms with van der Waals surface area (Å²) >= 11 is 5.20. The van der Waals surface area contributed by atoms with Crippen LogP contribution in [0.2, 0.25) is 51.4 Å². The lowest BCUT2D eigenvalue weighted by atomic mass is 9.85. The van der Waals surface area contributed by atoms with Crippen LogP contribution in [0.4, 0.5) is 52.2 Å². The highest BCUT2D eigenvalue weighted by Gasteiger charge is 2.35. The van der Waals surface area contributed by atoms with Gasteiger partial charge in [0.25, 0.3) is 63.8 Å². The van der Waals surface area contributed by atoms with Crippen molar-refractivity contribution in [2.75, 3.05) is 28.3 Å². The number of nitriles is 1. The number of carbonyl (C=O) groups is 3. The van der Waals surface area contributed by atoms with Crippen LogP contribution in [0.5, 0.6) is 0 Å². The monoisotopic (exact) mass is 2170 g/mol. The molecule has 15 aromatic rings. The maximum atomic E-state index is 14.5. The number of halogens is 9. The van der Waals surface area contributed by atoms with Gasteiger partial charge in [-0.1, -0.05) is 115 Å². The Labute approximate surface area is 866 Å². The van der Waals surface area contributed by atoms with Gasteiger partial charge in [0.15, 0.2) is 46.5 Å². The maximum absolute atomic E-state index is 14.5. The van der Waals surface area contributed by atoms with Crippen LogP contribution in [0.1, 0.15) is 185 Å². The van der Waals surface area contributed by atoms with Crippen molar-refractivity contribution in [2.24, 2.45) is 0 Å². The summed E-state index contributed by atoms with van der Waals surface area (Å²) in [6.45, 7) is 15.6. The third-order valence-corrected chi connectivity index (χ3v) is 34.8. The Bertz CT molecular complexity index is 8090. The van der Waals surface area contributed by atoms with Crippen molar-refractivity contribution in [3.63, 3.8) is 0 Å². The van der Waals surface area contributed by atoms with E-state index < -0.39 is 136 Å². The quantitative estimate of drug-likeness (QED) is 0.0134. The fourth-order valence-corrected chi connectivity index (χ4v) is 23.6. The fourth-order valence-electron chi connectivity index (χ4n) is 17.8. The number of nitrogens with one attached hydrogen (secondary N) is 2. The third-order valence-electron chi connectivity index (χ3n) is 26.2. The fraction of sp³-hybridized carbons (Fsp3) is 0.311. The summed E-state index contributed by atoms with van der Waals surface area (Å²) in [5.74, 6) is -13.3. The van der Waals surface area contributed by atoms with Gasteiger partial charge in [-0.3, -0.25) is 52.9 Å². The van der Waals surface area contributed by atoms with E-state index in [0.29, 0.717) is 130 Å². The topological polar surface area (TPSA) is 383 Å². The van der Waals surface area contributed by atoms with Crippen molar-refractivity contribution >= 4 is 125 Å². The Kier molecular flexibility index (Phi) is 35.1. The Hall–Kier alpha value is -14.1. The lowest BCUT2D eigenvalue weighted by molar-refractivity contribution is 0.0843. The first kappa shape index (κ1) is 110. The molecular formula is C106H107ClF8N16O14S3Si2. The zero-order valence-corrected chi connectivity index (χ0v) is 87.8. The van der Waals surface area contributed by atoms with E-state index in [0.717, 1.165) is 117 Å². The molecule has 6 aromatic carbocycles. The Morgan fingerprint density at radius 3 is 1.21 bits per heavy atom. The normalized spacial score (nSPS) is 14.0. The van der Waals surface area contributed by atoms with Gasteiger partial charge in [-0.25, -0.2) is 87.2 Å². The summed E-state index contributed by atoms with van der Waals surface area (Å²) in [4.78, 5) is 108. The van der Waals surface area contributed by atoms with E-state index in [2.05, 4.69) is 91.6 Å². The molecular weight excluding hydrogens is 2060 g/mol. The largest absolute Gasteiger partial charge is 0.379 e. The molecule has 0 bridgehead atoms. The number of hydrogen-bond donors (Lipinski definition) is 2. The molecule has 0 saturated heterocycles. The van der Waals surface area contributed by atoms with Gasteiger partial charge in [0.2, 0.25) is 0 Å². The predicted molar refractivity (Wildman–Crippen MR) is 556 cm³/mol. The number of hydrogen-bond acceptors (Lipinski definition) is 22. The average molecular weight is 2170 g/mol. The lowest BCUT2D eigenvalue weighted by Crippen LogP contribution is -2.33. The van der Waals surface area contributed by atoms with Crippen LogP contribution in [0.3, 0.4) is 0 Å². The van der Waals surface area contributed by atoms with Crippen LogP contribution in [-0.4, -0.2) is 128 Å². The minimum Gasteiger partial charge on any atom is -0.379 e. The average Bonchev–Trinajstić information content (AvgIpc) is 1.58. The molecule has 0 unspecified atom stereocenters. The second kappa shape index (κ2) is 47.8. The van der Waals surface area contributed by atoms with E-state index in [-0.39, 0.29) is 60.0 Å². The number of nitrogens with zero attached hydrogens (tertiary/aromatic N) is 14. The number of anilines is 3. The molecule has 2 N–H and O–H groups in total. The molecule has 3 fully saturated rings. The summed E-state index contributed by atoms with van der Waals surface area (Å²) < 4.78 is 204. The van der Waals surface area contributed by atoms with Crippen LogP contribution in [0, 0.1) is 57.9 Å². The summed E-state index contributed by atoms with van der Waals surface area (Å²) in [6, 6.07) is 40.4. The highest BCUT2D eigenvalue weighted by Crippen LogP contribution is 2.38. The molecule has 2 amide bonds. The third kappa shape index (κ3) is 26.3. The van der Waals surface area contributed by atoms with Gasteiger partial charge in [0.1, 0.15) is 49.3 Å². The van der Waals surface area contributed by atoms with E-state index in [9.17, 15) is 94.4 Å². The number of benzene rings is 6. The van der Waals surface area contributed by atoms with Gasteiger partial charge in [0.05, 0.1) is 96.0 Å². The number of pyridine rings is 3. The molecule has 784 valence electrons. The minimum absolute atomic E-state index is 0.0421. The molecule has 3 saturated carbocycles. The SMILES string of the molecule is C[Si](C)(C)CCOCn1cnc2cc(N(Cc3ccc(C4CCCCC4)cn3)C(=O)c3cccn3S(=O)(=O)c3cc(F)c(F)c(C#N)c3)ccc2c1=O.C[Si](C)(C)CCOCn1cnc2cc(NCc3ccc(C4CCCCC4)cn3)ccc2c1=O.O=C(Cl)c1cccn1S(=O)(=O)c1cc(F)c(F)c(F)c1.O=C(c1cccn1S(=O)(=O)c1cc(F)c(F)c(F)c1)N(Cc1ccc(C2CCCCC2)cn1)c1ccc2c(=O)[nH]cnc2c1.